The number of carbonyl (C=O) groups is 3. The van der Waals surface area contributed by atoms with E-state index in [1.165, 1.54) is 18.2 Å². The van der Waals surface area contributed by atoms with Crippen molar-refractivity contribution in [2.45, 2.75) is 20.8 Å². The molecule has 6 aromatic rings. The number of hydrogen-bond donors (Lipinski definition) is 0. The van der Waals surface area contributed by atoms with Gasteiger partial charge in [-0.2, -0.15) is 0 Å². The Kier molecular flexibility index (Phi) is 46.7. The van der Waals surface area contributed by atoms with Crippen LogP contribution in [0.1, 0.15) is 54.2 Å². The summed E-state index contributed by atoms with van der Waals surface area (Å²) in [6.45, 7) is 2.61. The van der Waals surface area contributed by atoms with Crippen LogP contribution in [0, 0.1) is 0 Å². The van der Waals surface area contributed by atoms with Gasteiger partial charge in [-0.3, -0.25) is 15.0 Å². The molecule has 6 aromatic carbocycles. The van der Waals surface area contributed by atoms with Gasteiger partial charge in [0.15, 0.2) is 0 Å². The van der Waals surface area contributed by atoms with Crippen molar-refractivity contribution in [1.82, 2.24) is 0 Å². The van der Waals surface area contributed by atoms with Crippen molar-refractivity contribution in [2.75, 3.05) is 44.8 Å². The van der Waals surface area contributed by atoms with Crippen LogP contribution in [-0.4, -0.2) is 79.8 Å². The first-order valence-corrected chi connectivity index (χ1v) is 21.6. The molecule has 3 radical (unpaired) electrons. The number of rotatable bonds is 12. The van der Waals surface area contributed by atoms with E-state index in [9.17, 15) is 30.6 Å². The fourth-order valence-corrected chi connectivity index (χ4v) is 5.24. The van der Waals surface area contributed by atoms with E-state index in [0.29, 0.717) is 33.8 Å². The van der Waals surface area contributed by atoms with E-state index >= 15 is 0 Å². The maximum atomic E-state index is 11.8. The van der Waals surface area contributed by atoms with Gasteiger partial charge in [-0.1, -0.05) is 181 Å². The average molecular weight is 1150 g/mol. The number of hydrogen-bond acceptors (Lipinski definition) is 15. The van der Waals surface area contributed by atoms with Crippen molar-refractivity contribution in [3.05, 3.63) is 197 Å². The maximum absolute atomic E-state index is 11.8. The first-order valence-electron chi connectivity index (χ1n) is 20.6. The molecule has 0 fully saturated rings. The number of nitrogens with zero attached hydrogens (tertiary/aromatic N) is 3. The molecule has 0 amide bonds. The Labute approximate surface area is 461 Å². The molecule has 0 saturated carbocycles. The molecule has 0 aromatic heterocycles. The molecule has 0 atom stereocenters. The van der Waals surface area contributed by atoms with Crippen LogP contribution in [0.5, 0.6) is 17.2 Å². The van der Waals surface area contributed by atoms with E-state index in [-0.39, 0.29) is 113 Å². The summed E-state index contributed by atoms with van der Waals surface area (Å²) in [4.78, 5) is 39.4. The molecule has 0 aliphatic carbocycles. The molecule has 0 aliphatic heterocycles. The van der Waals surface area contributed by atoms with Crippen LogP contribution in [0.4, 0.5) is 0 Å². The van der Waals surface area contributed by atoms with Gasteiger partial charge >= 0.3 is 51.2 Å². The van der Waals surface area contributed by atoms with Crippen LogP contribution in [0.2, 0.25) is 0 Å². The summed E-state index contributed by atoms with van der Waals surface area (Å²) in [7, 11) is 0. The zero-order chi connectivity index (χ0) is 51.8. The third-order valence-corrected chi connectivity index (χ3v) is 7.65. The molecule has 0 saturated heterocycles. The van der Waals surface area contributed by atoms with Gasteiger partial charge in [-0.15, -0.1) is 43.0 Å². The summed E-state index contributed by atoms with van der Waals surface area (Å²) in [6, 6.07) is 48.5. The maximum Gasteiger partial charge on any atom is 3.00 e. The van der Waals surface area contributed by atoms with Crippen molar-refractivity contribution in [1.29, 1.82) is 0 Å². The fourth-order valence-electron chi connectivity index (χ4n) is 5.24. The molecule has 0 spiro atoms. The average Bonchev–Trinajstić information content (AvgIpc) is 3.32. The van der Waals surface area contributed by atoms with Crippen LogP contribution < -0.4 is 46.0 Å². The summed E-state index contributed by atoms with van der Waals surface area (Å²) < 4.78 is 0. The van der Waals surface area contributed by atoms with Gasteiger partial charge in [-0.05, 0) is 37.5 Å². The van der Waals surface area contributed by atoms with Crippen molar-refractivity contribution < 1.29 is 112 Å². The monoisotopic (exact) mass is 1150 g/mol. The van der Waals surface area contributed by atoms with Gasteiger partial charge in [0.1, 0.15) is 0 Å². The third kappa shape index (κ3) is 33.7. The smallest absolute Gasteiger partial charge is 0.872 e. The SMILES string of the molecule is CC(=O)[O-].CC(=O)[O-].CC(=O)[O-].ClCCl.[Fe+3].[Fe+3].[Fe+3].[O-]CCN=C(c1ccccc1)c1ccccc1[O-].[O-]CCN=C(c1ccccc1)c1ccccc1[O-].[O-]CCN=C(c1ccccc1)c1ccccc1[O-]. The third-order valence-electron chi connectivity index (χ3n) is 7.65. The summed E-state index contributed by atoms with van der Waals surface area (Å²) in [5.74, 6) is -3.48. The Hall–Kier alpha value is -5.84. The first-order chi connectivity index (χ1) is 33.1. The Balaban J connectivity index is -0.000000414. The Morgan fingerprint density at radius 1 is 0.375 bits per heavy atom. The van der Waals surface area contributed by atoms with E-state index in [1.54, 1.807) is 54.6 Å². The van der Waals surface area contributed by atoms with E-state index in [0.717, 1.165) is 37.5 Å². The van der Waals surface area contributed by atoms with E-state index in [1.807, 2.05) is 91.0 Å². The number of aliphatic carboxylic acids is 3. The summed E-state index contributed by atoms with van der Waals surface area (Å²) in [5.41, 5.74) is 5.97. The Morgan fingerprint density at radius 3 is 0.708 bits per heavy atom. The second-order valence-corrected chi connectivity index (χ2v) is 13.8. The molecule has 20 heteroatoms. The zero-order valence-corrected chi connectivity index (χ0v) is 43.9. The minimum absolute atomic E-state index is 0. The number of para-hydroxylation sites is 3. The van der Waals surface area contributed by atoms with Crippen LogP contribution in [0.15, 0.2) is 179 Å². The van der Waals surface area contributed by atoms with E-state index in [4.69, 9.17) is 52.9 Å². The largest absolute Gasteiger partial charge is 3.00 e. The number of carboxylic acids is 3. The summed E-state index contributed by atoms with van der Waals surface area (Å²) in [5, 5.41) is 94.2. The number of benzene rings is 6. The van der Waals surface area contributed by atoms with Gasteiger partial charge < -0.3 is 60.3 Å². The summed E-state index contributed by atoms with van der Waals surface area (Å²) >= 11 is 9.53. The standard InChI is InChI=1S/3C15H14NO2.3C2H4O2.CH2Cl2.3Fe/c3*17-11-10-16-15(12-6-2-1-3-7-12)13-8-4-5-9-14(13)18;3*1-2(3)4;2-1-3;;;/h3*1-9,18H,10-11H2;3*1H3,(H,3,4);1H2;;;/q3*-1;;;;;3*+3/p-6. The minimum atomic E-state index is -1.08. The molecule has 0 heterocycles. The van der Waals surface area contributed by atoms with E-state index in [2.05, 4.69) is 15.0 Å². The zero-order valence-electron chi connectivity index (χ0n) is 39.1. The number of aliphatic imine (C=N–C) groups is 3. The van der Waals surface area contributed by atoms with Crippen LogP contribution in [-0.2, 0) is 65.6 Å². The van der Waals surface area contributed by atoms with Crippen molar-refractivity contribution in [3.8, 4) is 17.2 Å². The number of carboxylic acid groups (broad SMARTS) is 3. The van der Waals surface area contributed by atoms with Gasteiger partial charge in [0.25, 0.3) is 0 Å². The number of halogens is 2. The normalized spacial score (nSPS) is 9.92. The summed E-state index contributed by atoms with van der Waals surface area (Å²) in [6.07, 6.45) is 0. The fraction of sp³-hybridized carbons (Fsp3) is 0.192. The van der Waals surface area contributed by atoms with Crippen LogP contribution >= 0.6 is 23.2 Å². The topological polar surface area (TPSA) is 296 Å². The van der Waals surface area contributed by atoms with E-state index < -0.39 is 17.9 Å². The number of alkyl halides is 2. The molecule has 383 valence electrons. The molecule has 0 N–H and O–H groups in total. The van der Waals surface area contributed by atoms with Gasteiger partial charge in [0.05, 0.1) is 22.5 Å². The molecular weight excluding hydrogens is 1100 g/mol. The predicted octanol–water partition coefficient (Wildman–Crippen LogP) is 0.556. The Morgan fingerprint density at radius 2 is 0.542 bits per heavy atom. The van der Waals surface area contributed by atoms with Gasteiger partial charge in [0, 0.05) is 54.2 Å². The molecule has 6 rings (SSSR count). The van der Waals surface area contributed by atoms with Crippen LogP contribution in [0.25, 0.3) is 0 Å². The second-order valence-electron chi connectivity index (χ2n) is 13.0. The van der Waals surface area contributed by atoms with Crippen LogP contribution in [0.3, 0.4) is 0 Å². The molecular formula is C52H50Cl2Fe3N3O12. The second kappa shape index (κ2) is 46.2. The van der Waals surface area contributed by atoms with Crippen molar-refractivity contribution in [2.24, 2.45) is 15.0 Å². The Bertz CT molecular complexity index is 2180. The van der Waals surface area contributed by atoms with Crippen molar-refractivity contribution >= 4 is 58.2 Å². The van der Waals surface area contributed by atoms with Gasteiger partial charge in [-0.25, -0.2) is 0 Å². The van der Waals surface area contributed by atoms with Gasteiger partial charge in [0.2, 0.25) is 0 Å². The predicted molar refractivity (Wildman–Crippen MR) is 252 cm³/mol. The molecule has 72 heavy (non-hydrogen) atoms. The minimum Gasteiger partial charge on any atom is -0.872 e. The van der Waals surface area contributed by atoms with Crippen molar-refractivity contribution in [3.63, 3.8) is 0 Å². The molecule has 15 nitrogen and oxygen atoms in total. The molecule has 0 bridgehead atoms. The quantitative estimate of drug-likeness (QED) is 0.0923. The number of carbonyl (C=O) groups excluding carboxylic acids is 3. The molecule has 0 unspecified atom stereocenters. The first kappa shape index (κ1) is 72.7. The molecule has 0 aliphatic rings.